The van der Waals surface area contributed by atoms with Crippen molar-refractivity contribution in [2.75, 3.05) is 0 Å². The van der Waals surface area contributed by atoms with Gasteiger partial charge >= 0.3 is 5.97 Å². The zero-order chi connectivity index (χ0) is 8.69. The van der Waals surface area contributed by atoms with Gasteiger partial charge in [-0.2, -0.15) is 4.89 Å². The van der Waals surface area contributed by atoms with Crippen LogP contribution >= 0.6 is 0 Å². The van der Waals surface area contributed by atoms with Crippen molar-refractivity contribution in [3.05, 3.63) is 0 Å². The number of unbranched alkanes of at least 4 members (excludes halogenated alkanes) is 1. The molecule has 0 saturated heterocycles. The third kappa shape index (κ3) is 4.72. The molecule has 0 aromatic heterocycles. The van der Waals surface area contributed by atoms with Crippen LogP contribution in [0.25, 0.3) is 0 Å². The molecule has 0 fully saturated rings. The van der Waals surface area contributed by atoms with E-state index in [9.17, 15) is 4.79 Å². The van der Waals surface area contributed by atoms with Crippen molar-refractivity contribution in [2.24, 2.45) is 0 Å². The molecular formula is C6H12O5. The summed E-state index contributed by atoms with van der Waals surface area (Å²) in [4.78, 5) is 14.3. The van der Waals surface area contributed by atoms with Crippen LogP contribution in [-0.2, 0) is 14.7 Å². The van der Waals surface area contributed by atoms with Gasteiger partial charge in [-0.05, 0) is 6.42 Å². The summed E-state index contributed by atoms with van der Waals surface area (Å²) in [5, 5.41) is 19.5. The van der Waals surface area contributed by atoms with E-state index in [4.69, 9.17) is 10.4 Å². The first kappa shape index (κ1) is 10.3. The van der Waals surface area contributed by atoms with E-state index >= 15 is 0 Å². The monoisotopic (exact) mass is 164 g/mol. The number of carboxylic acids is 1. The van der Waals surface area contributed by atoms with Gasteiger partial charge in [0.1, 0.15) is 0 Å². The molecule has 11 heavy (non-hydrogen) atoms. The summed E-state index contributed by atoms with van der Waals surface area (Å²) in [5.41, 5.74) is 0. The summed E-state index contributed by atoms with van der Waals surface area (Å²) in [6, 6.07) is 0. The van der Waals surface area contributed by atoms with Crippen LogP contribution in [0.15, 0.2) is 0 Å². The highest BCUT2D eigenvalue weighted by Gasteiger charge is 2.18. The van der Waals surface area contributed by atoms with E-state index in [2.05, 4.69) is 9.93 Å². The fourth-order valence-corrected chi connectivity index (χ4v) is 0.654. The molecule has 5 nitrogen and oxygen atoms in total. The summed E-state index contributed by atoms with van der Waals surface area (Å²) in [5.74, 6) is -1.13. The summed E-state index contributed by atoms with van der Waals surface area (Å²) < 4.78 is 0. The van der Waals surface area contributed by atoms with Gasteiger partial charge in [-0.3, -0.25) is 0 Å². The van der Waals surface area contributed by atoms with Crippen LogP contribution in [0.2, 0.25) is 0 Å². The van der Waals surface area contributed by atoms with Gasteiger partial charge in [0.2, 0.25) is 0 Å². The molecule has 1 atom stereocenters. The fraction of sp³-hybridized carbons (Fsp3) is 0.833. The highest BCUT2D eigenvalue weighted by Crippen LogP contribution is 2.04. The maximum atomic E-state index is 10.3. The van der Waals surface area contributed by atoms with Crippen molar-refractivity contribution >= 4 is 5.97 Å². The molecule has 0 aromatic rings. The number of rotatable bonds is 6. The smallest absolute Gasteiger partial charge is 0.336 e. The van der Waals surface area contributed by atoms with Crippen molar-refractivity contribution in [3.8, 4) is 0 Å². The largest absolute Gasteiger partial charge is 0.479 e. The Bertz CT molecular complexity index is 114. The molecule has 0 bridgehead atoms. The predicted octanol–water partition coefficient (Wildman–Crippen LogP) is 1.05. The molecular weight excluding hydrogens is 152 g/mol. The minimum absolute atomic E-state index is 0.340. The van der Waals surface area contributed by atoms with Crippen LogP contribution in [0, 0.1) is 0 Å². The molecule has 0 rings (SSSR count). The Kier molecular flexibility index (Phi) is 5.73. The van der Waals surface area contributed by atoms with Crippen molar-refractivity contribution in [1.82, 2.24) is 0 Å². The number of hydrogen-bond donors (Lipinski definition) is 2. The standard InChI is InChI=1S/C6H12O5/c1-2-3-4-5(6(7)8)10-11-9/h5,9H,2-4H2,1H3,(H,7,8). The van der Waals surface area contributed by atoms with E-state index in [0.717, 1.165) is 12.8 Å². The van der Waals surface area contributed by atoms with Gasteiger partial charge in [0, 0.05) is 0 Å². The lowest BCUT2D eigenvalue weighted by molar-refractivity contribution is -0.502. The molecule has 0 spiro atoms. The van der Waals surface area contributed by atoms with Crippen molar-refractivity contribution in [2.45, 2.75) is 32.3 Å². The Hall–Kier alpha value is -0.650. The predicted molar refractivity (Wildman–Crippen MR) is 35.7 cm³/mol. The van der Waals surface area contributed by atoms with E-state index in [1.807, 2.05) is 6.92 Å². The van der Waals surface area contributed by atoms with Crippen molar-refractivity contribution in [1.29, 1.82) is 0 Å². The van der Waals surface area contributed by atoms with Crippen LogP contribution in [0.5, 0.6) is 0 Å². The summed E-state index contributed by atoms with van der Waals surface area (Å²) in [6.07, 6.45) is 0.866. The second kappa shape index (κ2) is 6.09. The minimum Gasteiger partial charge on any atom is -0.479 e. The summed E-state index contributed by atoms with van der Waals surface area (Å²) in [6.45, 7) is 1.93. The maximum Gasteiger partial charge on any atom is 0.336 e. The Balaban J connectivity index is 3.60. The highest BCUT2D eigenvalue weighted by molar-refractivity contribution is 5.72. The molecule has 0 aliphatic rings. The number of carboxylic acid groups (broad SMARTS) is 1. The number of hydrogen-bond acceptors (Lipinski definition) is 4. The SMILES string of the molecule is CCCCC(OOO)C(=O)O. The van der Waals surface area contributed by atoms with E-state index in [1.54, 1.807) is 0 Å². The Morgan fingerprint density at radius 3 is 2.64 bits per heavy atom. The molecule has 0 aliphatic carbocycles. The highest BCUT2D eigenvalue weighted by atomic mass is 17.5. The molecule has 0 aromatic carbocycles. The van der Waals surface area contributed by atoms with Crippen LogP contribution in [0.1, 0.15) is 26.2 Å². The average molecular weight is 164 g/mol. The fourth-order valence-electron chi connectivity index (χ4n) is 0.654. The first-order valence-electron chi connectivity index (χ1n) is 3.42. The molecule has 0 heterocycles. The van der Waals surface area contributed by atoms with Crippen molar-refractivity contribution in [3.63, 3.8) is 0 Å². The summed E-state index contributed by atoms with van der Waals surface area (Å²) >= 11 is 0. The Morgan fingerprint density at radius 2 is 2.27 bits per heavy atom. The van der Waals surface area contributed by atoms with Crippen LogP contribution in [0.3, 0.4) is 0 Å². The Labute approximate surface area is 64.4 Å². The van der Waals surface area contributed by atoms with Gasteiger partial charge in [0.25, 0.3) is 0 Å². The molecule has 0 aliphatic heterocycles. The van der Waals surface area contributed by atoms with Gasteiger partial charge in [0.05, 0.1) is 0 Å². The normalized spacial score (nSPS) is 12.9. The lowest BCUT2D eigenvalue weighted by Crippen LogP contribution is -2.23. The van der Waals surface area contributed by atoms with Gasteiger partial charge in [-0.25, -0.2) is 10.1 Å². The van der Waals surface area contributed by atoms with Crippen LogP contribution in [-0.4, -0.2) is 22.4 Å². The number of carbonyl (C=O) groups is 1. The minimum atomic E-state index is -1.13. The quantitative estimate of drug-likeness (QED) is 0.453. The van der Waals surface area contributed by atoms with Gasteiger partial charge < -0.3 is 5.11 Å². The molecule has 2 N–H and O–H groups in total. The lowest BCUT2D eigenvalue weighted by atomic mass is 10.2. The Morgan fingerprint density at radius 1 is 1.64 bits per heavy atom. The van der Waals surface area contributed by atoms with Gasteiger partial charge in [-0.15, -0.1) is 0 Å². The van der Waals surface area contributed by atoms with E-state index < -0.39 is 12.1 Å². The maximum absolute atomic E-state index is 10.3. The number of aliphatic carboxylic acids is 1. The molecule has 0 saturated carbocycles. The first-order chi connectivity index (χ1) is 5.22. The molecule has 66 valence electrons. The topological polar surface area (TPSA) is 76.0 Å². The van der Waals surface area contributed by atoms with E-state index in [0.29, 0.717) is 6.42 Å². The molecule has 0 radical (unpaired) electrons. The summed E-state index contributed by atoms with van der Waals surface area (Å²) in [7, 11) is 0. The van der Waals surface area contributed by atoms with Crippen molar-refractivity contribution < 1.29 is 25.1 Å². The zero-order valence-electron chi connectivity index (χ0n) is 6.32. The third-order valence-corrected chi connectivity index (χ3v) is 1.25. The average Bonchev–Trinajstić information content (AvgIpc) is 1.97. The molecule has 0 amide bonds. The molecule has 5 heteroatoms. The van der Waals surface area contributed by atoms with E-state index in [1.165, 1.54) is 0 Å². The second-order valence-corrected chi connectivity index (χ2v) is 2.14. The van der Waals surface area contributed by atoms with Crippen LogP contribution in [0.4, 0.5) is 0 Å². The van der Waals surface area contributed by atoms with Gasteiger partial charge in [0.15, 0.2) is 6.10 Å². The van der Waals surface area contributed by atoms with E-state index in [-0.39, 0.29) is 0 Å². The first-order valence-corrected chi connectivity index (χ1v) is 3.42. The lowest BCUT2D eigenvalue weighted by Gasteiger charge is -2.07. The zero-order valence-corrected chi connectivity index (χ0v) is 6.32. The van der Waals surface area contributed by atoms with Gasteiger partial charge in [-0.1, -0.05) is 24.8 Å². The van der Waals surface area contributed by atoms with Crippen LogP contribution < -0.4 is 0 Å². The third-order valence-electron chi connectivity index (χ3n) is 1.25. The second-order valence-electron chi connectivity index (χ2n) is 2.14. The molecule has 1 unspecified atom stereocenters.